The fourth-order valence-corrected chi connectivity index (χ4v) is 1.12. The highest BCUT2D eigenvalue weighted by molar-refractivity contribution is 5.87. The van der Waals surface area contributed by atoms with Crippen LogP contribution in [0.4, 0.5) is 13.2 Å². The van der Waals surface area contributed by atoms with Gasteiger partial charge in [0.15, 0.2) is 5.60 Å². The number of benzene rings is 1. The Morgan fingerprint density at radius 2 is 1.88 bits per heavy atom. The molecule has 2 N–H and O–H groups in total. The third kappa shape index (κ3) is 2.16. The van der Waals surface area contributed by atoms with Gasteiger partial charge in [-0.05, 0) is 24.6 Å². The molecule has 16 heavy (non-hydrogen) atoms. The molecule has 0 saturated carbocycles. The smallest absolute Gasteiger partial charge is 0.421 e. The number of aliphatic hydroxyl groups is 1. The molecule has 0 aliphatic rings. The number of hydrogen-bond donors (Lipinski definition) is 2. The van der Waals surface area contributed by atoms with E-state index in [1.165, 1.54) is 0 Å². The highest BCUT2D eigenvalue weighted by Gasteiger charge is 2.51. The molecule has 0 aliphatic carbocycles. The summed E-state index contributed by atoms with van der Waals surface area (Å²) < 4.78 is 37.4. The van der Waals surface area contributed by atoms with Crippen molar-refractivity contribution >= 4 is 5.97 Å². The fourth-order valence-electron chi connectivity index (χ4n) is 1.12. The zero-order valence-corrected chi connectivity index (χ0v) is 8.25. The minimum atomic E-state index is -4.86. The van der Waals surface area contributed by atoms with Gasteiger partial charge in [-0.25, -0.2) is 4.79 Å². The Bertz CT molecular complexity index is 410. The number of rotatable bonds is 2. The molecule has 1 aromatic carbocycles. The second-order valence-corrected chi connectivity index (χ2v) is 3.46. The van der Waals surface area contributed by atoms with Gasteiger partial charge in [0.05, 0.1) is 5.56 Å². The van der Waals surface area contributed by atoms with Crippen molar-refractivity contribution in [2.75, 3.05) is 0 Å². The molecule has 0 aromatic heterocycles. The van der Waals surface area contributed by atoms with Crippen LogP contribution in [0.1, 0.15) is 22.8 Å². The Morgan fingerprint density at radius 3 is 2.31 bits per heavy atom. The highest BCUT2D eigenvalue weighted by atomic mass is 19.4. The van der Waals surface area contributed by atoms with E-state index in [4.69, 9.17) is 5.11 Å². The zero-order chi connectivity index (χ0) is 12.6. The number of alkyl halides is 3. The number of aromatic carboxylic acids is 1. The Balaban J connectivity index is 3.24. The number of halogens is 3. The van der Waals surface area contributed by atoms with E-state index in [1.54, 1.807) is 0 Å². The second-order valence-electron chi connectivity index (χ2n) is 3.46. The number of hydrogen-bond acceptors (Lipinski definition) is 2. The first-order valence-electron chi connectivity index (χ1n) is 4.29. The predicted octanol–water partition coefficient (Wildman–Crippen LogP) is 2.15. The highest BCUT2D eigenvalue weighted by Crippen LogP contribution is 2.38. The molecular formula is C10H9F3O3. The third-order valence-corrected chi connectivity index (χ3v) is 2.22. The van der Waals surface area contributed by atoms with Crippen LogP contribution in [0.5, 0.6) is 0 Å². The van der Waals surface area contributed by atoms with Crippen molar-refractivity contribution in [2.45, 2.75) is 18.7 Å². The Morgan fingerprint density at radius 1 is 1.31 bits per heavy atom. The average Bonchev–Trinajstić information content (AvgIpc) is 2.16. The molecule has 1 aromatic rings. The topological polar surface area (TPSA) is 57.5 Å². The van der Waals surface area contributed by atoms with Crippen molar-refractivity contribution in [3.05, 3.63) is 35.4 Å². The standard InChI is InChI=1S/C10H9F3O3/c1-9(16,10(11,12)13)7-4-2-3-6(5-7)8(14)15/h2-5,16H,1H3,(H,14,15)/t9-/m0/s1. The van der Waals surface area contributed by atoms with Gasteiger partial charge < -0.3 is 10.2 Å². The van der Waals surface area contributed by atoms with Gasteiger partial charge in [-0.3, -0.25) is 0 Å². The predicted molar refractivity (Wildman–Crippen MR) is 49.0 cm³/mol. The summed E-state index contributed by atoms with van der Waals surface area (Å²) in [6, 6.07) is 4.13. The largest absolute Gasteiger partial charge is 0.478 e. The first kappa shape index (κ1) is 12.5. The SMILES string of the molecule is C[C@](O)(c1cccc(C(=O)O)c1)C(F)(F)F. The summed E-state index contributed by atoms with van der Waals surface area (Å²) in [4.78, 5) is 10.6. The van der Waals surface area contributed by atoms with E-state index < -0.39 is 23.3 Å². The molecule has 0 spiro atoms. The van der Waals surface area contributed by atoms with Crippen molar-refractivity contribution in [1.82, 2.24) is 0 Å². The van der Waals surface area contributed by atoms with Crippen molar-refractivity contribution < 1.29 is 28.2 Å². The molecule has 1 rings (SSSR count). The van der Waals surface area contributed by atoms with E-state index in [2.05, 4.69) is 0 Å². The maximum Gasteiger partial charge on any atom is 0.421 e. The minimum Gasteiger partial charge on any atom is -0.478 e. The molecule has 3 nitrogen and oxygen atoms in total. The molecule has 0 bridgehead atoms. The fraction of sp³-hybridized carbons (Fsp3) is 0.300. The molecule has 0 fully saturated rings. The lowest BCUT2D eigenvalue weighted by Gasteiger charge is -2.26. The van der Waals surface area contributed by atoms with Gasteiger partial charge in [-0.1, -0.05) is 12.1 Å². The van der Waals surface area contributed by atoms with Crippen LogP contribution in [0.15, 0.2) is 24.3 Å². The molecule has 0 radical (unpaired) electrons. The van der Waals surface area contributed by atoms with E-state index in [9.17, 15) is 23.1 Å². The van der Waals surface area contributed by atoms with Gasteiger partial charge in [0.2, 0.25) is 0 Å². The summed E-state index contributed by atoms with van der Waals surface area (Å²) in [6.07, 6.45) is -4.86. The second kappa shape index (κ2) is 3.79. The van der Waals surface area contributed by atoms with Gasteiger partial charge in [0, 0.05) is 0 Å². The summed E-state index contributed by atoms with van der Waals surface area (Å²) >= 11 is 0. The van der Waals surface area contributed by atoms with Crippen LogP contribution in [0.2, 0.25) is 0 Å². The molecule has 1 atom stereocenters. The van der Waals surface area contributed by atoms with Gasteiger partial charge in [0.1, 0.15) is 0 Å². The number of carboxylic acid groups (broad SMARTS) is 1. The summed E-state index contributed by atoms with van der Waals surface area (Å²) in [6.45, 7) is 0.577. The lowest BCUT2D eigenvalue weighted by molar-refractivity contribution is -0.258. The molecule has 88 valence electrons. The van der Waals surface area contributed by atoms with Crippen LogP contribution in [-0.2, 0) is 5.60 Å². The number of carboxylic acids is 1. The number of carbonyl (C=O) groups is 1. The maximum atomic E-state index is 12.5. The first-order valence-corrected chi connectivity index (χ1v) is 4.29. The summed E-state index contributed by atoms with van der Waals surface area (Å²) in [5, 5.41) is 17.9. The van der Waals surface area contributed by atoms with E-state index >= 15 is 0 Å². The first-order chi connectivity index (χ1) is 7.16. The molecule has 0 unspecified atom stereocenters. The quantitative estimate of drug-likeness (QED) is 0.824. The molecule has 6 heteroatoms. The van der Waals surface area contributed by atoms with Gasteiger partial charge in [-0.15, -0.1) is 0 Å². The zero-order valence-electron chi connectivity index (χ0n) is 8.25. The van der Waals surface area contributed by atoms with E-state index in [0.717, 1.165) is 24.3 Å². The van der Waals surface area contributed by atoms with Crippen LogP contribution in [-0.4, -0.2) is 22.4 Å². The molecule has 0 heterocycles. The summed E-state index contributed by atoms with van der Waals surface area (Å²) in [7, 11) is 0. The normalized spacial score (nSPS) is 15.6. The van der Waals surface area contributed by atoms with Gasteiger partial charge >= 0.3 is 12.1 Å². The Hall–Kier alpha value is -1.56. The molecule has 0 saturated heterocycles. The van der Waals surface area contributed by atoms with Crippen molar-refractivity contribution in [3.8, 4) is 0 Å². The average molecular weight is 234 g/mol. The van der Waals surface area contributed by atoms with E-state index in [-0.39, 0.29) is 5.56 Å². The molecule has 0 amide bonds. The molecule has 0 aliphatic heterocycles. The van der Waals surface area contributed by atoms with Gasteiger partial charge in [0.25, 0.3) is 0 Å². The van der Waals surface area contributed by atoms with Crippen LogP contribution in [0.25, 0.3) is 0 Å². The van der Waals surface area contributed by atoms with Crippen LogP contribution in [0.3, 0.4) is 0 Å². The third-order valence-electron chi connectivity index (χ3n) is 2.22. The van der Waals surface area contributed by atoms with E-state index in [0.29, 0.717) is 6.92 Å². The lowest BCUT2D eigenvalue weighted by Crippen LogP contribution is -2.39. The minimum absolute atomic E-state index is 0.304. The van der Waals surface area contributed by atoms with Crippen LogP contribution < -0.4 is 0 Å². The maximum absolute atomic E-state index is 12.5. The van der Waals surface area contributed by atoms with Crippen molar-refractivity contribution in [1.29, 1.82) is 0 Å². The van der Waals surface area contributed by atoms with Crippen molar-refractivity contribution in [2.24, 2.45) is 0 Å². The van der Waals surface area contributed by atoms with Crippen LogP contribution >= 0.6 is 0 Å². The monoisotopic (exact) mass is 234 g/mol. The summed E-state index contributed by atoms with van der Waals surface area (Å²) in [5.74, 6) is -1.35. The molecular weight excluding hydrogens is 225 g/mol. The van der Waals surface area contributed by atoms with Crippen LogP contribution in [0, 0.1) is 0 Å². The van der Waals surface area contributed by atoms with Gasteiger partial charge in [-0.2, -0.15) is 13.2 Å². The van der Waals surface area contributed by atoms with E-state index in [1.807, 2.05) is 0 Å². The summed E-state index contributed by atoms with van der Waals surface area (Å²) in [5.41, 5.74) is -3.86. The Labute approximate surface area is 89.1 Å². The van der Waals surface area contributed by atoms with Crippen molar-refractivity contribution in [3.63, 3.8) is 0 Å². The Kier molecular flexibility index (Phi) is 2.96. The lowest BCUT2D eigenvalue weighted by atomic mass is 9.94.